The molecule has 0 atom stereocenters. The molecule has 2 bridgehead atoms. The molecule has 3 aliphatic heterocycles. The van der Waals surface area contributed by atoms with Crippen molar-refractivity contribution in [3.05, 3.63) is 12.3 Å². The van der Waals surface area contributed by atoms with E-state index in [0.717, 1.165) is 6.54 Å². The largest absolute Gasteiger partial charge is 0.378 e. The summed E-state index contributed by atoms with van der Waals surface area (Å²) in [7, 11) is 0. The van der Waals surface area contributed by atoms with Gasteiger partial charge in [0.15, 0.2) is 0 Å². The van der Waals surface area contributed by atoms with Gasteiger partial charge in [0.05, 0.1) is 0 Å². The Labute approximate surface area is 68.5 Å². The molecule has 62 valence electrons. The van der Waals surface area contributed by atoms with Crippen molar-refractivity contribution in [2.75, 3.05) is 32.7 Å². The maximum absolute atomic E-state index is 2.55. The molecule has 3 aliphatic rings. The molecule has 0 saturated carbocycles. The second-order valence-electron chi connectivity index (χ2n) is 3.43. The highest BCUT2D eigenvalue weighted by atomic mass is 15.2. The zero-order chi connectivity index (χ0) is 7.52. The minimum Gasteiger partial charge on any atom is -0.378 e. The highest BCUT2D eigenvalue weighted by Crippen LogP contribution is 2.07. The van der Waals surface area contributed by atoms with Gasteiger partial charge in [0.2, 0.25) is 0 Å². The summed E-state index contributed by atoms with van der Waals surface area (Å²) < 4.78 is 0. The van der Waals surface area contributed by atoms with E-state index in [4.69, 9.17) is 0 Å². The van der Waals surface area contributed by atoms with E-state index in [1.54, 1.807) is 0 Å². The van der Waals surface area contributed by atoms with Crippen LogP contribution in [0.5, 0.6) is 0 Å². The molecule has 1 saturated heterocycles. The zero-order valence-electron chi connectivity index (χ0n) is 7.00. The number of fused-ring (bicyclic) bond motifs is 5. The van der Waals surface area contributed by atoms with Crippen molar-refractivity contribution in [1.29, 1.82) is 0 Å². The number of hydrogen-bond donors (Lipinski definition) is 0. The summed E-state index contributed by atoms with van der Waals surface area (Å²) in [5, 5.41) is 0. The summed E-state index contributed by atoms with van der Waals surface area (Å²) in [5.41, 5.74) is 0. The molecule has 0 N–H and O–H groups in total. The van der Waals surface area contributed by atoms with Crippen molar-refractivity contribution >= 4 is 0 Å². The molecular weight excluding hydrogens is 136 g/mol. The van der Waals surface area contributed by atoms with Crippen LogP contribution < -0.4 is 0 Å². The molecular formula is C9H16N2. The summed E-state index contributed by atoms with van der Waals surface area (Å²) in [6, 6.07) is 0. The molecule has 2 nitrogen and oxygen atoms in total. The molecule has 0 aliphatic carbocycles. The van der Waals surface area contributed by atoms with Crippen LogP contribution in [0.25, 0.3) is 0 Å². The van der Waals surface area contributed by atoms with Gasteiger partial charge in [0.1, 0.15) is 0 Å². The van der Waals surface area contributed by atoms with Crippen molar-refractivity contribution in [1.82, 2.24) is 9.80 Å². The van der Waals surface area contributed by atoms with Gasteiger partial charge in [0.25, 0.3) is 0 Å². The van der Waals surface area contributed by atoms with E-state index in [-0.39, 0.29) is 0 Å². The van der Waals surface area contributed by atoms with E-state index in [0.29, 0.717) is 0 Å². The van der Waals surface area contributed by atoms with Gasteiger partial charge >= 0.3 is 0 Å². The second-order valence-corrected chi connectivity index (χ2v) is 3.43. The smallest absolute Gasteiger partial charge is 0.0184 e. The number of rotatable bonds is 0. The predicted octanol–water partition coefficient (Wildman–Crippen LogP) is 0.911. The van der Waals surface area contributed by atoms with Gasteiger partial charge in [-0.05, 0) is 19.0 Å². The van der Waals surface area contributed by atoms with E-state index < -0.39 is 0 Å². The highest BCUT2D eigenvalue weighted by molar-refractivity contribution is 4.89. The molecule has 0 amide bonds. The Hall–Kier alpha value is -0.500. The van der Waals surface area contributed by atoms with Crippen LogP contribution in [-0.2, 0) is 0 Å². The Balaban J connectivity index is 2.07. The maximum Gasteiger partial charge on any atom is 0.0184 e. The van der Waals surface area contributed by atoms with Crippen molar-refractivity contribution in [3.8, 4) is 0 Å². The summed E-state index contributed by atoms with van der Waals surface area (Å²) in [6.07, 6.45) is 7.23. The van der Waals surface area contributed by atoms with Crippen molar-refractivity contribution < 1.29 is 0 Å². The van der Waals surface area contributed by atoms with Crippen molar-refractivity contribution in [2.24, 2.45) is 0 Å². The minimum atomic E-state index is 1.16. The van der Waals surface area contributed by atoms with Crippen LogP contribution in [0.1, 0.15) is 12.8 Å². The van der Waals surface area contributed by atoms with Gasteiger partial charge in [-0.1, -0.05) is 6.08 Å². The normalized spacial score (nSPS) is 26.4. The van der Waals surface area contributed by atoms with Gasteiger partial charge in [-0.3, -0.25) is 4.90 Å². The summed E-state index contributed by atoms with van der Waals surface area (Å²) >= 11 is 0. The summed E-state index contributed by atoms with van der Waals surface area (Å²) in [4.78, 5) is 5.00. The standard InChI is InChI=1S/C9H16N2/c1-4-10-6-2-7-11(5-1)9-3-8-10/h1,4H,2-3,5-9H2. The Morgan fingerprint density at radius 1 is 0.909 bits per heavy atom. The van der Waals surface area contributed by atoms with Gasteiger partial charge in [-0.2, -0.15) is 0 Å². The van der Waals surface area contributed by atoms with Crippen LogP contribution in [-0.4, -0.2) is 42.5 Å². The minimum absolute atomic E-state index is 1.16. The number of hydrogen-bond acceptors (Lipinski definition) is 2. The lowest BCUT2D eigenvalue weighted by atomic mass is 10.2. The van der Waals surface area contributed by atoms with E-state index in [9.17, 15) is 0 Å². The molecule has 0 radical (unpaired) electrons. The molecule has 3 rings (SSSR count). The Morgan fingerprint density at radius 2 is 1.64 bits per heavy atom. The van der Waals surface area contributed by atoms with Gasteiger partial charge < -0.3 is 4.90 Å². The fourth-order valence-corrected chi connectivity index (χ4v) is 1.90. The SMILES string of the molecule is C1=CN2CCCN(C1)CCC2. The van der Waals surface area contributed by atoms with Gasteiger partial charge in [-0.15, -0.1) is 0 Å². The van der Waals surface area contributed by atoms with E-state index in [1.165, 1.54) is 39.0 Å². The van der Waals surface area contributed by atoms with Crippen LogP contribution in [0.4, 0.5) is 0 Å². The average Bonchev–Trinajstić information content (AvgIpc) is 1.80. The molecule has 2 heteroatoms. The molecule has 3 heterocycles. The molecule has 0 unspecified atom stereocenters. The average molecular weight is 152 g/mol. The maximum atomic E-state index is 2.55. The van der Waals surface area contributed by atoms with Crippen molar-refractivity contribution in [3.63, 3.8) is 0 Å². The van der Waals surface area contributed by atoms with Gasteiger partial charge in [0, 0.05) is 32.7 Å². The van der Waals surface area contributed by atoms with Crippen LogP contribution in [0.15, 0.2) is 12.3 Å². The highest BCUT2D eigenvalue weighted by Gasteiger charge is 2.11. The second kappa shape index (κ2) is 3.26. The topological polar surface area (TPSA) is 6.48 Å². The van der Waals surface area contributed by atoms with E-state index in [1.807, 2.05) is 0 Å². The molecule has 0 aromatic carbocycles. The number of nitrogens with zero attached hydrogens (tertiary/aromatic N) is 2. The van der Waals surface area contributed by atoms with E-state index >= 15 is 0 Å². The zero-order valence-corrected chi connectivity index (χ0v) is 7.00. The molecule has 11 heavy (non-hydrogen) atoms. The predicted molar refractivity (Wildman–Crippen MR) is 46.4 cm³/mol. The Bertz CT molecular complexity index is 144. The van der Waals surface area contributed by atoms with Crippen molar-refractivity contribution in [2.45, 2.75) is 12.8 Å². The van der Waals surface area contributed by atoms with E-state index in [2.05, 4.69) is 22.1 Å². The molecule has 0 aromatic rings. The fraction of sp³-hybridized carbons (Fsp3) is 0.778. The van der Waals surface area contributed by atoms with Crippen LogP contribution >= 0.6 is 0 Å². The monoisotopic (exact) mass is 152 g/mol. The fourth-order valence-electron chi connectivity index (χ4n) is 1.90. The first-order valence-corrected chi connectivity index (χ1v) is 4.58. The third-order valence-electron chi connectivity index (χ3n) is 2.52. The Kier molecular flexibility index (Phi) is 2.13. The van der Waals surface area contributed by atoms with Gasteiger partial charge in [-0.25, -0.2) is 0 Å². The lowest BCUT2D eigenvalue weighted by molar-refractivity contribution is 0.215. The van der Waals surface area contributed by atoms with Crippen LogP contribution in [0.3, 0.4) is 0 Å². The third-order valence-corrected chi connectivity index (χ3v) is 2.52. The lowest BCUT2D eigenvalue weighted by Crippen LogP contribution is -2.37. The first-order valence-electron chi connectivity index (χ1n) is 4.58. The lowest BCUT2D eigenvalue weighted by Gasteiger charge is -2.31. The first-order chi connectivity index (χ1) is 5.45. The summed E-state index contributed by atoms with van der Waals surface area (Å²) in [6.45, 7) is 6.26. The molecule has 0 spiro atoms. The Morgan fingerprint density at radius 3 is 2.36 bits per heavy atom. The molecule has 1 fully saturated rings. The quantitative estimate of drug-likeness (QED) is 0.509. The van der Waals surface area contributed by atoms with Crippen LogP contribution in [0.2, 0.25) is 0 Å². The molecule has 0 aromatic heterocycles. The third kappa shape index (κ3) is 1.74. The first kappa shape index (κ1) is 7.17. The van der Waals surface area contributed by atoms with Crippen LogP contribution in [0, 0.1) is 0 Å². The summed E-state index contributed by atoms with van der Waals surface area (Å²) in [5.74, 6) is 0.